The summed E-state index contributed by atoms with van der Waals surface area (Å²) in [5.74, 6) is -0.288. The van der Waals surface area contributed by atoms with Crippen LogP contribution in [0.5, 0.6) is 0 Å². The van der Waals surface area contributed by atoms with Crippen LogP contribution in [0.2, 0.25) is 0 Å². The number of rotatable bonds is 9. The molecule has 2 N–H and O–H groups in total. The molecular formula is C27H27N3O3S2. The maximum absolute atomic E-state index is 13.5. The van der Waals surface area contributed by atoms with Crippen molar-refractivity contribution >= 4 is 34.7 Å². The van der Waals surface area contributed by atoms with Crippen molar-refractivity contribution in [3.8, 4) is 10.6 Å². The van der Waals surface area contributed by atoms with Crippen LogP contribution in [0.25, 0.3) is 10.6 Å². The zero-order valence-corrected chi connectivity index (χ0v) is 21.2. The van der Waals surface area contributed by atoms with Crippen LogP contribution >= 0.6 is 22.7 Å². The summed E-state index contributed by atoms with van der Waals surface area (Å²) >= 11 is 3.15. The molecule has 0 bridgehead atoms. The van der Waals surface area contributed by atoms with Crippen molar-refractivity contribution in [1.82, 2.24) is 15.6 Å². The molecule has 0 radical (unpaired) electrons. The third-order valence-electron chi connectivity index (χ3n) is 5.55. The van der Waals surface area contributed by atoms with E-state index >= 15 is 0 Å². The minimum atomic E-state index is -0.790. The van der Waals surface area contributed by atoms with Crippen molar-refractivity contribution in [3.05, 3.63) is 99.2 Å². The number of alkyl carbamates (subject to hydrolysis) is 1. The van der Waals surface area contributed by atoms with Gasteiger partial charge in [-0.15, -0.1) is 22.7 Å². The molecule has 0 fully saturated rings. The van der Waals surface area contributed by atoms with Gasteiger partial charge in [-0.05, 0) is 35.9 Å². The molecule has 0 aliphatic heterocycles. The van der Waals surface area contributed by atoms with E-state index in [-0.39, 0.29) is 11.9 Å². The van der Waals surface area contributed by atoms with Crippen LogP contribution in [0.1, 0.15) is 27.7 Å². The van der Waals surface area contributed by atoms with Gasteiger partial charge < -0.3 is 15.4 Å². The molecule has 0 aliphatic rings. The first-order valence-electron chi connectivity index (χ1n) is 11.3. The lowest BCUT2D eigenvalue weighted by Gasteiger charge is -2.22. The number of benzene rings is 2. The van der Waals surface area contributed by atoms with Crippen LogP contribution in [0, 0.1) is 6.92 Å². The molecule has 0 aliphatic carbocycles. The second kappa shape index (κ2) is 11.8. The topological polar surface area (TPSA) is 80.3 Å². The van der Waals surface area contributed by atoms with Crippen LogP contribution in [-0.2, 0) is 22.4 Å². The first-order chi connectivity index (χ1) is 17.0. The molecule has 0 unspecified atom stereocenters. The molecule has 2 aromatic carbocycles. The molecule has 2 aromatic heterocycles. The Kier molecular flexibility index (Phi) is 8.28. The molecule has 35 heavy (non-hydrogen) atoms. The molecule has 0 saturated heterocycles. The minimum Gasteiger partial charge on any atom is -0.453 e. The molecule has 4 rings (SSSR count). The third-order valence-corrected chi connectivity index (χ3v) is 7.40. The van der Waals surface area contributed by atoms with Crippen LogP contribution in [0.3, 0.4) is 0 Å². The number of nitrogens with one attached hydrogen (secondary N) is 2. The summed E-state index contributed by atoms with van der Waals surface area (Å²) in [5, 5.41) is 10.7. The van der Waals surface area contributed by atoms with E-state index in [4.69, 9.17) is 9.72 Å². The number of ether oxygens (including phenoxy) is 1. The van der Waals surface area contributed by atoms with Gasteiger partial charge in [-0.3, -0.25) is 4.79 Å². The van der Waals surface area contributed by atoms with E-state index in [0.29, 0.717) is 12.8 Å². The fraction of sp³-hybridized carbons (Fsp3) is 0.222. The molecular weight excluding hydrogens is 478 g/mol. The predicted molar refractivity (Wildman–Crippen MR) is 141 cm³/mol. The number of methoxy groups -OCH3 is 1. The highest BCUT2D eigenvalue weighted by Gasteiger charge is 2.26. The molecule has 4 aromatic rings. The van der Waals surface area contributed by atoms with Crippen molar-refractivity contribution in [2.45, 2.75) is 31.8 Å². The second-order valence-electron chi connectivity index (χ2n) is 8.18. The van der Waals surface area contributed by atoms with Crippen molar-refractivity contribution in [2.75, 3.05) is 7.11 Å². The van der Waals surface area contributed by atoms with E-state index in [1.807, 2.05) is 60.1 Å². The number of carbonyl (C=O) groups excluding carboxylic acids is 2. The third kappa shape index (κ3) is 6.77. The van der Waals surface area contributed by atoms with Crippen molar-refractivity contribution in [1.29, 1.82) is 0 Å². The Balaban J connectivity index is 1.59. The average molecular weight is 506 g/mol. The van der Waals surface area contributed by atoms with Gasteiger partial charge in [0.05, 0.1) is 23.7 Å². The van der Waals surface area contributed by atoms with Crippen LogP contribution < -0.4 is 10.6 Å². The maximum atomic E-state index is 13.5. The van der Waals surface area contributed by atoms with Gasteiger partial charge in [-0.2, -0.15) is 0 Å². The van der Waals surface area contributed by atoms with Crippen molar-refractivity contribution < 1.29 is 14.3 Å². The number of carbonyl (C=O) groups is 2. The van der Waals surface area contributed by atoms with Gasteiger partial charge in [0, 0.05) is 11.8 Å². The van der Waals surface area contributed by atoms with Gasteiger partial charge in [0.1, 0.15) is 11.0 Å². The smallest absolute Gasteiger partial charge is 0.407 e. The normalized spacial score (nSPS) is 12.5. The number of aryl methyl sites for hydroxylation is 1. The number of hydrogen-bond donors (Lipinski definition) is 2. The summed E-state index contributed by atoms with van der Waals surface area (Å²) in [6.45, 7) is 2.05. The zero-order valence-electron chi connectivity index (χ0n) is 19.6. The number of hydrogen-bond acceptors (Lipinski definition) is 6. The predicted octanol–water partition coefficient (Wildman–Crippen LogP) is 5.55. The molecule has 2 heterocycles. The molecule has 6 nitrogen and oxygen atoms in total. The highest BCUT2D eigenvalue weighted by Crippen LogP contribution is 2.30. The van der Waals surface area contributed by atoms with Crippen molar-refractivity contribution in [3.63, 3.8) is 0 Å². The number of thiophene rings is 1. The van der Waals surface area contributed by atoms with Gasteiger partial charge in [0.2, 0.25) is 5.91 Å². The summed E-state index contributed by atoms with van der Waals surface area (Å²) < 4.78 is 4.77. The van der Waals surface area contributed by atoms with E-state index < -0.39 is 12.1 Å². The lowest BCUT2D eigenvalue weighted by atomic mass is 10.0. The van der Waals surface area contributed by atoms with E-state index in [0.717, 1.165) is 26.7 Å². The molecule has 180 valence electrons. The second-order valence-corrected chi connectivity index (χ2v) is 10.0. The van der Waals surface area contributed by atoms with Crippen LogP contribution in [0.4, 0.5) is 4.79 Å². The summed E-state index contributed by atoms with van der Waals surface area (Å²) in [4.78, 5) is 31.4. The lowest BCUT2D eigenvalue weighted by molar-refractivity contribution is -0.123. The summed E-state index contributed by atoms with van der Waals surface area (Å²) in [5.41, 5.74) is 4.10. The van der Waals surface area contributed by atoms with E-state index in [9.17, 15) is 9.59 Å². The number of amides is 2. The Morgan fingerprint density at radius 3 is 2.34 bits per heavy atom. The van der Waals surface area contributed by atoms with Gasteiger partial charge in [-0.1, -0.05) is 66.2 Å². The van der Waals surface area contributed by atoms with E-state index in [1.54, 1.807) is 11.3 Å². The zero-order chi connectivity index (χ0) is 24.6. The highest BCUT2D eigenvalue weighted by atomic mass is 32.1. The average Bonchev–Trinajstić information content (AvgIpc) is 3.57. The lowest BCUT2D eigenvalue weighted by Crippen LogP contribution is -2.49. The number of aromatic nitrogens is 1. The minimum absolute atomic E-state index is 0.288. The number of nitrogens with zero attached hydrogens (tertiary/aromatic N) is 1. The van der Waals surface area contributed by atoms with Gasteiger partial charge >= 0.3 is 6.09 Å². The summed E-state index contributed by atoms with van der Waals surface area (Å²) in [6, 6.07) is 20.7. The van der Waals surface area contributed by atoms with Crippen molar-refractivity contribution in [2.24, 2.45) is 0 Å². The summed E-state index contributed by atoms with van der Waals surface area (Å²) in [6.07, 6.45) is 0.280. The standard InChI is InChI=1S/C27H27N3O3S2/c1-18-10-12-20(13-11-18)16-22(26-29-23(17-35-26)24-9-6-14-34-24)28-25(31)21(30-27(32)33-2)15-19-7-4-3-5-8-19/h3-14,17,21-22H,15-16H2,1-2H3,(H,28,31)(H,30,32)/t21-,22-/m0/s1. The van der Waals surface area contributed by atoms with E-state index in [2.05, 4.69) is 34.9 Å². The first kappa shape index (κ1) is 24.6. The molecule has 2 atom stereocenters. The fourth-order valence-corrected chi connectivity index (χ4v) is 5.31. The largest absolute Gasteiger partial charge is 0.453 e. The summed E-state index contributed by atoms with van der Waals surface area (Å²) in [7, 11) is 1.29. The Bertz CT molecular complexity index is 1240. The van der Waals surface area contributed by atoms with Crippen LogP contribution in [0.15, 0.2) is 77.5 Å². The van der Waals surface area contributed by atoms with E-state index in [1.165, 1.54) is 24.0 Å². The monoisotopic (exact) mass is 505 g/mol. The first-order valence-corrected chi connectivity index (χ1v) is 13.0. The van der Waals surface area contributed by atoms with Gasteiger partial charge in [0.15, 0.2) is 0 Å². The maximum Gasteiger partial charge on any atom is 0.407 e. The van der Waals surface area contributed by atoms with Gasteiger partial charge in [-0.25, -0.2) is 9.78 Å². The Hall–Kier alpha value is -3.49. The molecule has 0 saturated carbocycles. The highest BCUT2D eigenvalue weighted by molar-refractivity contribution is 7.14. The Morgan fingerprint density at radius 2 is 1.66 bits per heavy atom. The SMILES string of the molecule is COC(=O)N[C@@H](Cc1ccccc1)C(=O)N[C@@H](Cc1ccc(C)cc1)c1nc(-c2cccs2)cs1. The number of thiazole rings is 1. The Morgan fingerprint density at radius 1 is 0.914 bits per heavy atom. The quantitative estimate of drug-likeness (QED) is 0.313. The molecule has 0 spiro atoms. The molecule has 2 amide bonds. The fourth-order valence-electron chi connectivity index (χ4n) is 3.68. The van der Waals surface area contributed by atoms with Crippen LogP contribution in [-0.4, -0.2) is 30.1 Å². The Labute approximate surface area is 213 Å². The van der Waals surface area contributed by atoms with Gasteiger partial charge in [0.25, 0.3) is 0 Å². The molecule has 8 heteroatoms.